The Morgan fingerprint density at radius 3 is 2.43 bits per heavy atom. The highest BCUT2D eigenvalue weighted by Gasteiger charge is 2.14. The summed E-state index contributed by atoms with van der Waals surface area (Å²) in [6.07, 6.45) is 1.96. The minimum atomic E-state index is 0. The molecule has 1 atom stereocenters. The number of halogens is 1. The lowest BCUT2D eigenvalue weighted by atomic mass is 9.99. The van der Waals surface area contributed by atoms with Gasteiger partial charge < -0.3 is 32.4 Å². The molecule has 5 heteroatoms. The summed E-state index contributed by atoms with van der Waals surface area (Å²) in [5.41, 5.74) is 6.76. The van der Waals surface area contributed by atoms with Crippen molar-refractivity contribution in [3.8, 4) is 17.2 Å². The summed E-state index contributed by atoms with van der Waals surface area (Å²) < 4.78 is 16.4. The van der Waals surface area contributed by atoms with Gasteiger partial charge in [-0.3, -0.25) is 0 Å². The number of aryl methyl sites for hydroxylation is 1. The van der Waals surface area contributed by atoms with E-state index in [0.717, 1.165) is 30.1 Å². The van der Waals surface area contributed by atoms with Crippen LogP contribution in [-0.2, 0) is 6.42 Å². The molecule has 0 saturated carbocycles. The van der Waals surface area contributed by atoms with Crippen molar-refractivity contribution < 1.29 is 32.4 Å². The second-order valence-electron chi connectivity index (χ2n) is 5.49. The van der Waals surface area contributed by atoms with Gasteiger partial charge in [-0.05, 0) is 48.4 Å². The summed E-state index contributed by atoms with van der Waals surface area (Å²) in [6.45, 7) is 1.25. The minimum absolute atomic E-state index is 0. The molecule has 0 aromatic heterocycles. The molecule has 4 nitrogen and oxygen atoms in total. The van der Waals surface area contributed by atoms with Gasteiger partial charge in [0, 0.05) is 12.0 Å². The van der Waals surface area contributed by atoms with E-state index in [1.807, 2.05) is 18.2 Å². The predicted molar refractivity (Wildman–Crippen MR) is 84.4 cm³/mol. The van der Waals surface area contributed by atoms with E-state index in [9.17, 15) is 0 Å². The zero-order valence-corrected chi connectivity index (χ0v) is 14.0. The molecular weight excluding hydrogens is 314 g/mol. The van der Waals surface area contributed by atoms with E-state index in [1.54, 1.807) is 7.11 Å². The number of rotatable bonds is 5. The fourth-order valence-electron chi connectivity index (χ4n) is 2.63. The lowest BCUT2D eigenvalue weighted by Crippen LogP contribution is -3.00. The van der Waals surface area contributed by atoms with Gasteiger partial charge in [0.25, 0.3) is 0 Å². The van der Waals surface area contributed by atoms with Crippen molar-refractivity contribution >= 4 is 0 Å². The third-order valence-electron chi connectivity index (χ3n) is 3.98. The number of methoxy groups -OCH3 is 1. The number of fused-ring (bicyclic) bond motifs is 1. The SMILES string of the molecule is COc1ccc(C([NH3+])CCc2ccc3c(c2)OCCO3)cc1.[Cl-]. The van der Waals surface area contributed by atoms with E-state index < -0.39 is 0 Å². The summed E-state index contributed by atoms with van der Waals surface area (Å²) >= 11 is 0. The van der Waals surface area contributed by atoms with E-state index in [4.69, 9.17) is 14.2 Å². The Balaban J connectivity index is 0.00000192. The van der Waals surface area contributed by atoms with E-state index in [-0.39, 0.29) is 18.4 Å². The van der Waals surface area contributed by atoms with Crippen molar-refractivity contribution in [3.63, 3.8) is 0 Å². The maximum absolute atomic E-state index is 5.63. The molecule has 0 radical (unpaired) electrons. The highest BCUT2D eigenvalue weighted by Crippen LogP contribution is 2.31. The Morgan fingerprint density at radius 1 is 1.04 bits per heavy atom. The highest BCUT2D eigenvalue weighted by atomic mass is 35.5. The molecule has 0 fully saturated rings. The zero-order chi connectivity index (χ0) is 15.4. The van der Waals surface area contributed by atoms with Gasteiger partial charge in [0.2, 0.25) is 0 Å². The van der Waals surface area contributed by atoms with E-state index >= 15 is 0 Å². The van der Waals surface area contributed by atoms with Gasteiger partial charge in [-0.2, -0.15) is 0 Å². The number of hydrogen-bond acceptors (Lipinski definition) is 3. The van der Waals surface area contributed by atoms with Crippen molar-refractivity contribution in [2.75, 3.05) is 20.3 Å². The molecular formula is C18H22ClNO3. The third kappa shape index (κ3) is 4.30. The van der Waals surface area contributed by atoms with E-state index in [0.29, 0.717) is 13.2 Å². The molecule has 23 heavy (non-hydrogen) atoms. The Hall–Kier alpha value is -1.91. The number of ether oxygens (including phenoxy) is 3. The van der Waals surface area contributed by atoms with Crippen LogP contribution in [0.2, 0.25) is 0 Å². The fourth-order valence-corrected chi connectivity index (χ4v) is 2.63. The summed E-state index contributed by atoms with van der Waals surface area (Å²) in [7, 11) is 1.68. The molecule has 0 spiro atoms. The van der Waals surface area contributed by atoms with Crippen LogP contribution in [0.25, 0.3) is 0 Å². The first kappa shape index (κ1) is 17.4. The largest absolute Gasteiger partial charge is 1.00 e. The molecule has 3 N–H and O–H groups in total. The lowest BCUT2D eigenvalue weighted by Gasteiger charge is -2.19. The van der Waals surface area contributed by atoms with Gasteiger partial charge in [0.15, 0.2) is 11.5 Å². The minimum Gasteiger partial charge on any atom is -1.00 e. The monoisotopic (exact) mass is 335 g/mol. The maximum Gasteiger partial charge on any atom is 0.161 e. The molecule has 0 bridgehead atoms. The van der Waals surface area contributed by atoms with Crippen molar-refractivity contribution in [1.82, 2.24) is 0 Å². The van der Waals surface area contributed by atoms with Gasteiger partial charge in [-0.15, -0.1) is 0 Å². The topological polar surface area (TPSA) is 55.3 Å². The molecule has 3 rings (SSSR count). The molecule has 2 aromatic carbocycles. The Kier molecular flexibility index (Phi) is 6.13. The lowest BCUT2D eigenvalue weighted by molar-refractivity contribution is -0.427. The summed E-state index contributed by atoms with van der Waals surface area (Å²) in [6, 6.07) is 14.6. The quantitative estimate of drug-likeness (QED) is 0.793. The van der Waals surface area contributed by atoms with Crippen LogP contribution in [0.3, 0.4) is 0 Å². The first-order valence-electron chi connectivity index (χ1n) is 7.62. The average molecular weight is 336 g/mol. The second kappa shape index (κ2) is 8.09. The van der Waals surface area contributed by atoms with Crippen molar-refractivity contribution in [1.29, 1.82) is 0 Å². The van der Waals surface area contributed by atoms with Crippen molar-refractivity contribution in [2.45, 2.75) is 18.9 Å². The van der Waals surface area contributed by atoms with Gasteiger partial charge >= 0.3 is 0 Å². The van der Waals surface area contributed by atoms with Crippen LogP contribution < -0.4 is 32.4 Å². The molecule has 0 amide bonds. The van der Waals surface area contributed by atoms with E-state index in [2.05, 4.69) is 30.0 Å². The van der Waals surface area contributed by atoms with Crippen LogP contribution in [0.15, 0.2) is 42.5 Å². The normalized spacial score (nSPS) is 13.8. The van der Waals surface area contributed by atoms with E-state index in [1.165, 1.54) is 11.1 Å². The summed E-state index contributed by atoms with van der Waals surface area (Å²) in [4.78, 5) is 0. The Bertz CT molecular complexity index is 631. The summed E-state index contributed by atoms with van der Waals surface area (Å²) in [5.74, 6) is 2.58. The van der Waals surface area contributed by atoms with Crippen LogP contribution in [-0.4, -0.2) is 20.3 Å². The van der Waals surface area contributed by atoms with Crippen LogP contribution in [0.5, 0.6) is 17.2 Å². The molecule has 2 aromatic rings. The smallest absolute Gasteiger partial charge is 0.161 e. The highest BCUT2D eigenvalue weighted by molar-refractivity contribution is 5.43. The zero-order valence-electron chi connectivity index (χ0n) is 13.3. The molecule has 1 unspecified atom stereocenters. The molecule has 1 aliphatic rings. The van der Waals surface area contributed by atoms with Crippen molar-refractivity contribution in [2.24, 2.45) is 0 Å². The van der Waals surface area contributed by atoms with Gasteiger partial charge in [0.05, 0.1) is 7.11 Å². The fraction of sp³-hybridized carbons (Fsp3) is 0.333. The molecule has 0 aliphatic carbocycles. The summed E-state index contributed by atoms with van der Waals surface area (Å²) in [5, 5.41) is 0. The maximum atomic E-state index is 5.63. The number of benzene rings is 2. The van der Waals surface area contributed by atoms with Gasteiger partial charge in [0.1, 0.15) is 25.0 Å². The van der Waals surface area contributed by atoms with Gasteiger partial charge in [-0.1, -0.05) is 6.07 Å². The van der Waals surface area contributed by atoms with Crippen LogP contribution in [0.1, 0.15) is 23.6 Å². The average Bonchev–Trinajstić information content (AvgIpc) is 2.59. The Morgan fingerprint density at radius 2 is 1.74 bits per heavy atom. The molecule has 0 saturated heterocycles. The first-order valence-corrected chi connectivity index (χ1v) is 7.62. The molecule has 1 aliphatic heterocycles. The second-order valence-corrected chi connectivity index (χ2v) is 5.49. The molecule has 124 valence electrons. The number of hydrogen-bond donors (Lipinski definition) is 1. The van der Waals surface area contributed by atoms with Crippen LogP contribution in [0.4, 0.5) is 0 Å². The van der Waals surface area contributed by atoms with Crippen LogP contribution >= 0.6 is 0 Å². The predicted octanol–water partition coefficient (Wildman–Crippen LogP) is -0.614. The Labute approximate surface area is 143 Å². The number of quaternary nitrogens is 1. The standard InChI is InChI=1S/C18H21NO3.ClH/c1-20-15-6-4-14(5-7-15)16(19)8-2-13-3-9-17-18(12-13)22-11-10-21-17;/h3-7,9,12,16H,2,8,10-11,19H2,1H3;1H. The van der Waals surface area contributed by atoms with Gasteiger partial charge in [-0.25, -0.2) is 0 Å². The first-order chi connectivity index (χ1) is 10.8. The van der Waals surface area contributed by atoms with Crippen molar-refractivity contribution in [3.05, 3.63) is 53.6 Å². The van der Waals surface area contributed by atoms with Crippen LogP contribution in [0, 0.1) is 0 Å². The molecule has 1 heterocycles. The third-order valence-corrected chi connectivity index (χ3v) is 3.98.